The SMILES string of the molecule is CCc1ccc(N(CC(C)C)S(=O)(=O)c2ccc3nn(CC4CCN(C(C)=O)C4)cc3c2)cc1. The average Bonchev–Trinajstić information content (AvgIpc) is 3.43. The lowest BCUT2D eigenvalue weighted by Crippen LogP contribution is -2.34. The Labute approximate surface area is 202 Å². The van der Waals surface area contributed by atoms with Crippen molar-refractivity contribution >= 4 is 32.5 Å². The zero-order valence-corrected chi connectivity index (χ0v) is 21.3. The number of carbonyl (C=O) groups is 1. The van der Waals surface area contributed by atoms with Crippen LogP contribution in [0.25, 0.3) is 10.9 Å². The van der Waals surface area contributed by atoms with Gasteiger partial charge in [-0.3, -0.25) is 13.8 Å². The number of aromatic nitrogens is 2. The van der Waals surface area contributed by atoms with Gasteiger partial charge in [-0.15, -0.1) is 0 Å². The molecule has 1 unspecified atom stereocenters. The Kier molecular flexibility index (Phi) is 6.98. The van der Waals surface area contributed by atoms with Crippen LogP contribution in [0.5, 0.6) is 0 Å². The third-order valence-corrected chi connectivity index (χ3v) is 8.24. The van der Waals surface area contributed by atoms with Crippen LogP contribution in [0.15, 0.2) is 53.6 Å². The molecule has 1 aliphatic heterocycles. The van der Waals surface area contributed by atoms with Crippen molar-refractivity contribution in [2.75, 3.05) is 23.9 Å². The number of hydrogen-bond donors (Lipinski definition) is 0. The second-order valence-corrected chi connectivity index (χ2v) is 11.5. The van der Waals surface area contributed by atoms with Crippen LogP contribution in [0.4, 0.5) is 5.69 Å². The lowest BCUT2D eigenvalue weighted by molar-refractivity contribution is -0.127. The van der Waals surface area contributed by atoms with Crippen LogP contribution in [0.3, 0.4) is 0 Å². The molecule has 1 aliphatic rings. The number of aryl methyl sites for hydroxylation is 1. The lowest BCUT2D eigenvalue weighted by atomic mass is 10.1. The van der Waals surface area contributed by atoms with Gasteiger partial charge in [0, 0.05) is 44.7 Å². The van der Waals surface area contributed by atoms with E-state index in [1.54, 1.807) is 25.1 Å². The molecule has 0 radical (unpaired) electrons. The van der Waals surface area contributed by atoms with E-state index in [1.165, 1.54) is 9.87 Å². The van der Waals surface area contributed by atoms with Crippen LogP contribution in [0, 0.1) is 11.8 Å². The third kappa shape index (κ3) is 5.12. The smallest absolute Gasteiger partial charge is 0.264 e. The number of hydrogen-bond acceptors (Lipinski definition) is 4. The number of likely N-dealkylation sites (tertiary alicyclic amines) is 1. The fourth-order valence-electron chi connectivity index (χ4n) is 4.54. The predicted molar refractivity (Wildman–Crippen MR) is 135 cm³/mol. The zero-order valence-electron chi connectivity index (χ0n) is 20.4. The van der Waals surface area contributed by atoms with Crippen LogP contribution >= 0.6 is 0 Å². The van der Waals surface area contributed by atoms with Crippen molar-refractivity contribution in [1.82, 2.24) is 14.7 Å². The lowest BCUT2D eigenvalue weighted by Gasteiger charge is -2.26. The Morgan fingerprint density at radius 1 is 1.18 bits per heavy atom. The molecule has 0 aliphatic carbocycles. The fourth-order valence-corrected chi connectivity index (χ4v) is 6.20. The van der Waals surface area contributed by atoms with Gasteiger partial charge < -0.3 is 4.90 Å². The van der Waals surface area contributed by atoms with Gasteiger partial charge in [0.1, 0.15) is 0 Å². The van der Waals surface area contributed by atoms with Crippen LogP contribution in [0.2, 0.25) is 0 Å². The van der Waals surface area contributed by atoms with Gasteiger partial charge in [-0.1, -0.05) is 32.9 Å². The van der Waals surface area contributed by atoms with Gasteiger partial charge >= 0.3 is 0 Å². The molecule has 4 rings (SSSR count). The molecular weight excluding hydrogens is 448 g/mol. The maximum atomic E-state index is 13.7. The first-order chi connectivity index (χ1) is 16.2. The number of anilines is 1. The van der Waals surface area contributed by atoms with E-state index in [-0.39, 0.29) is 16.7 Å². The van der Waals surface area contributed by atoms with Crippen molar-refractivity contribution in [2.24, 2.45) is 11.8 Å². The highest BCUT2D eigenvalue weighted by Gasteiger charge is 2.27. The molecule has 0 bridgehead atoms. The summed E-state index contributed by atoms with van der Waals surface area (Å²) in [7, 11) is -3.74. The normalized spacial score (nSPS) is 16.5. The van der Waals surface area contributed by atoms with Gasteiger partial charge in [0.2, 0.25) is 5.91 Å². The quantitative estimate of drug-likeness (QED) is 0.479. The molecule has 182 valence electrons. The standard InChI is InChI=1S/C26H34N4O3S/c1-5-21-6-8-24(9-7-21)30(15-19(2)3)34(32,33)25-10-11-26-23(14-25)18-29(27-26)17-22-12-13-28(16-22)20(4)31/h6-11,14,18-19,22H,5,12-13,15-17H2,1-4H3. The highest BCUT2D eigenvalue weighted by atomic mass is 32.2. The topological polar surface area (TPSA) is 75.5 Å². The highest BCUT2D eigenvalue weighted by Crippen LogP contribution is 2.28. The summed E-state index contributed by atoms with van der Waals surface area (Å²) in [4.78, 5) is 13.8. The maximum absolute atomic E-state index is 13.7. The molecule has 0 spiro atoms. The van der Waals surface area contributed by atoms with E-state index in [9.17, 15) is 13.2 Å². The van der Waals surface area contributed by atoms with E-state index in [2.05, 4.69) is 12.0 Å². The second kappa shape index (κ2) is 9.78. The minimum atomic E-state index is -3.74. The van der Waals surface area contributed by atoms with Gasteiger partial charge in [-0.25, -0.2) is 8.42 Å². The molecule has 1 aromatic heterocycles. The number of fused-ring (bicyclic) bond motifs is 1. The number of rotatable bonds is 8. The van der Waals surface area contributed by atoms with E-state index in [0.29, 0.717) is 24.7 Å². The van der Waals surface area contributed by atoms with Crippen molar-refractivity contribution < 1.29 is 13.2 Å². The van der Waals surface area contributed by atoms with Gasteiger partial charge in [0.15, 0.2) is 0 Å². The average molecular weight is 483 g/mol. The Morgan fingerprint density at radius 2 is 1.91 bits per heavy atom. The molecule has 1 atom stereocenters. The van der Waals surface area contributed by atoms with E-state index in [0.717, 1.165) is 36.8 Å². The van der Waals surface area contributed by atoms with Gasteiger partial charge in [0.05, 0.1) is 16.1 Å². The highest BCUT2D eigenvalue weighted by molar-refractivity contribution is 7.92. The molecule has 3 aromatic rings. The molecule has 34 heavy (non-hydrogen) atoms. The number of sulfonamides is 1. The van der Waals surface area contributed by atoms with Crippen LogP contribution in [-0.4, -0.2) is 48.6 Å². The molecule has 1 fully saturated rings. The number of amides is 1. The first-order valence-electron chi connectivity index (χ1n) is 12.0. The fraction of sp³-hybridized carbons (Fsp3) is 0.462. The van der Waals surface area contributed by atoms with Crippen molar-refractivity contribution in [1.29, 1.82) is 0 Å². The van der Waals surface area contributed by atoms with Gasteiger partial charge in [-0.2, -0.15) is 5.10 Å². The Bertz CT molecular complexity index is 1260. The Balaban J connectivity index is 1.60. The minimum absolute atomic E-state index is 0.110. The summed E-state index contributed by atoms with van der Waals surface area (Å²) in [6.45, 7) is 10.4. The van der Waals surface area contributed by atoms with Crippen LogP contribution in [-0.2, 0) is 27.8 Å². The molecular formula is C26H34N4O3S. The van der Waals surface area contributed by atoms with Gasteiger partial charge in [0.25, 0.3) is 10.0 Å². The minimum Gasteiger partial charge on any atom is -0.343 e. The van der Waals surface area contributed by atoms with E-state index < -0.39 is 10.0 Å². The second-order valence-electron chi connectivity index (χ2n) is 9.64. The molecule has 0 N–H and O–H groups in total. The summed E-state index contributed by atoms with van der Waals surface area (Å²) in [6, 6.07) is 12.9. The summed E-state index contributed by atoms with van der Waals surface area (Å²) in [5.41, 5.74) is 2.62. The monoisotopic (exact) mass is 482 g/mol. The summed E-state index contributed by atoms with van der Waals surface area (Å²) in [6.07, 6.45) is 3.77. The number of benzene rings is 2. The first-order valence-corrected chi connectivity index (χ1v) is 13.5. The van der Waals surface area contributed by atoms with Crippen molar-refractivity contribution in [2.45, 2.75) is 52.0 Å². The first kappa shape index (κ1) is 24.3. The number of nitrogens with zero attached hydrogens (tertiary/aromatic N) is 4. The summed E-state index contributed by atoms with van der Waals surface area (Å²) in [5.74, 6) is 0.639. The summed E-state index contributed by atoms with van der Waals surface area (Å²) < 4.78 is 30.8. The van der Waals surface area contributed by atoms with Crippen LogP contribution < -0.4 is 4.31 Å². The Morgan fingerprint density at radius 3 is 2.53 bits per heavy atom. The summed E-state index contributed by atoms with van der Waals surface area (Å²) >= 11 is 0. The summed E-state index contributed by atoms with van der Waals surface area (Å²) in [5, 5.41) is 5.44. The van der Waals surface area contributed by atoms with E-state index in [1.807, 2.05) is 53.9 Å². The molecule has 1 saturated heterocycles. The van der Waals surface area contributed by atoms with Crippen molar-refractivity contribution in [3.05, 3.63) is 54.2 Å². The largest absolute Gasteiger partial charge is 0.343 e. The molecule has 7 nitrogen and oxygen atoms in total. The molecule has 8 heteroatoms. The van der Waals surface area contributed by atoms with Crippen LogP contribution in [0.1, 0.15) is 39.7 Å². The zero-order chi connectivity index (χ0) is 24.5. The molecule has 0 saturated carbocycles. The van der Waals surface area contributed by atoms with Gasteiger partial charge in [-0.05, 0) is 60.6 Å². The van der Waals surface area contributed by atoms with E-state index >= 15 is 0 Å². The predicted octanol–water partition coefficient (Wildman–Crippen LogP) is 4.32. The van der Waals surface area contributed by atoms with Crippen molar-refractivity contribution in [3.8, 4) is 0 Å². The molecule has 1 amide bonds. The molecule has 2 heterocycles. The maximum Gasteiger partial charge on any atom is 0.264 e. The number of carbonyl (C=O) groups excluding carboxylic acids is 1. The Hall–Kier alpha value is -2.87. The van der Waals surface area contributed by atoms with E-state index in [4.69, 9.17) is 0 Å². The molecule has 2 aromatic carbocycles. The third-order valence-electron chi connectivity index (χ3n) is 6.45. The van der Waals surface area contributed by atoms with Crippen molar-refractivity contribution in [3.63, 3.8) is 0 Å².